The van der Waals surface area contributed by atoms with Crippen molar-refractivity contribution in [3.8, 4) is 0 Å². The number of hydrogen-bond donors (Lipinski definition) is 1. The highest BCUT2D eigenvalue weighted by Crippen LogP contribution is 2.35. The minimum Gasteiger partial charge on any atom is -0.306 e. The molecule has 1 fully saturated rings. The smallest absolute Gasteiger partial charge is 0.0798 e. The molecule has 0 atom stereocenters. The van der Waals surface area contributed by atoms with Crippen molar-refractivity contribution in [3.05, 3.63) is 16.1 Å². The van der Waals surface area contributed by atoms with E-state index < -0.39 is 0 Å². The molecule has 1 N–H and O–H groups in total. The number of nitrogens with one attached hydrogen (secondary N) is 1. The van der Waals surface area contributed by atoms with Crippen molar-refractivity contribution >= 4 is 11.3 Å². The second kappa shape index (κ2) is 3.99. The quantitative estimate of drug-likeness (QED) is 0.826. The Labute approximate surface area is 89.8 Å². The standard InChI is InChI=1S/C11H18N2S/c1-3-11(5-4-6-11)13-7-10-9(2)12-8-14-10/h8,13H,3-7H2,1-2H3. The zero-order valence-electron chi connectivity index (χ0n) is 8.97. The largest absolute Gasteiger partial charge is 0.306 e. The zero-order chi connectivity index (χ0) is 10.0. The molecule has 2 nitrogen and oxygen atoms in total. The fourth-order valence-corrected chi connectivity index (χ4v) is 2.74. The van der Waals surface area contributed by atoms with Crippen molar-refractivity contribution in [2.45, 2.75) is 51.6 Å². The Morgan fingerprint density at radius 3 is 2.79 bits per heavy atom. The van der Waals surface area contributed by atoms with Crippen LogP contribution in [0.15, 0.2) is 5.51 Å². The highest BCUT2D eigenvalue weighted by molar-refractivity contribution is 7.09. The highest BCUT2D eigenvalue weighted by atomic mass is 32.1. The van der Waals surface area contributed by atoms with Crippen LogP contribution in [0.4, 0.5) is 0 Å². The van der Waals surface area contributed by atoms with E-state index in [1.807, 2.05) is 5.51 Å². The molecule has 14 heavy (non-hydrogen) atoms. The van der Waals surface area contributed by atoms with Crippen LogP contribution in [-0.4, -0.2) is 10.5 Å². The third kappa shape index (κ3) is 1.84. The van der Waals surface area contributed by atoms with Crippen LogP contribution >= 0.6 is 11.3 Å². The van der Waals surface area contributed by atoms with Gasteiger partial charge in [0.05, 0.1) is 11.2 Å². The van der Waals surface area contributed by atoms with Gasteiger partial charge in [0.2, 0.25) is 0 Å². The third-order valence-corrected chi connectivity index (χ3v) is 4.39. The average molecular weight is 210 g/mol. The molecule has 1 aromatic heterocycles. The van der Waals surface area contributed by atoms with Gasteiger partial charge in [0.25, 0.3) is 0 Å². The van der Waals surface area contributed by atoms with Crippen LogP contribution in [0.2, 0.25) is 0 Å². The first kappa shape index (κ1) is 10.1. The van der Waals surface area contributed by atoms with Gasteiger partial charge in [-0.1, -0.05) is 6.92 Å². The van der Waals surface area contributed by atoms with Crippen molar-refractivity contribution in [1.82, 2.24) is 10.3 Å². The molecule has 1 saturated carbocycles. The first-order valence-electron chi connectivity index (χ1n) is 5.40. The lowest BCUT2D eigenvalue weighted by atomic mass is 9.75. The third-order valence-electron chi connectivity index (χ3n) is 3.46. The molecule has 0 aromatic carbocycles. The monoisotopic (exact) mass is 210 g/mol. The molecule has 78 valence electrons. The number of nitrogens with zero attached hydrogens (tertiary/aromatic N) is 1. The van der Waals surface area contributed by atoms with Gasteiger partial charge in [-0.25, -0.2) is 4.98 Å². The van der Waals surface area contributed by atoms with Crippen LogP contribution < -0.4 is 5.32 Å². The summed E-state index contributed by atoms with van der Waals surface area (Å²) in [6.07, 6.45) is 5.34. The van der Waals surface area contributed by atoms with Crippen LogP contribution in [0.5, 0.6) is 0 Å². The minimum absolute atomic E-state index is 0.455. The van der Waals surface area contributed by atoms with E-state index in [1.165, 1.54) is 36.3 Å². The van der Waals surface area contributed by atoms with Crippen molar-refractivity contribution in [3.63, 3.8) is 0 Å². The van der Waals surface area contributed by atoms with E-state index in [2.05, 4.69) is 24.1 Å². The van der Waals surface area contributed by atoms with Gasteiger partial charge in [0.1, 0.15) is 0 Å². The molecule has 0 spiro atoms. The predicted molar refractivity (Wildman–Crippen MR) is 60.6 cm³/mol. The van der Waals surface area contributed by atoms with Gasteiger partial charge in [-0.15, -0.1) is 11.3 Å². The molecule has 1 heterocycles. The number of hydrogen-bond acceptors (Lipinski definition) is 3. The Hall–Kier alpha value is -0.410. The Kier molecular flexibility index (Phi) is 2.88. The van der Waals surface area contributed by atoms with Crippen molar-refractivity contribution in [2.24, 2.45) is 0 Å². The van der Waals surface area contributed by atoms with Gasteiger partial charge in [-0.2, -0.15) is 0 Å². The van der Waals surface area contributed by atoms with E-state index in [0.717, 1.165) is 6.54 Å². The molecule has 2 rings (SSSR count). The van der Waals surface area contributed by atoms with Crippen LogP contribution in [0, 0.1) is 6.92 Å². The summed E-state index contributed by atoms with van der Waals surface area (Å²) in [5.41, 5.74) is 3.58. The number of aromatic nitrogens is 1. The summed E-state index contributed by atoms with van der Waals surface area (Å²) in [5.74, 6) is 0. The predicted octanol–water partition coefficient (Wildman–Crippen LogP) is 2.87. The fraction of sp³-hybridized carbons (Fsp3) is 0.727. The van der Waals surface area contributed by atoms with Gasteiger partial charge in [-0.05, 0) is 32.6 Å². The van der Waals surface area contributed by atoms with Crippen molar-refractivity contribution in [2.75, 3.05) is 0 Å². The Morgan fingerprint density at radius 2 is 2.36 bits per heavy atom. The second-order valence-corrected chi connectivity index (χ2v) is 5.14. The maximum Gasteiger partial charge on any atom is 0.0798 e. The molecule has 3 heteroatoms. The number of rotatable bonds is 4. The lowest BCUT2D eigenvalue weighted by Crippen LogP contribution is -2.49. The first-order valence-corrected chi connectivity index (χ1v) is 6.28. The van der Waals surface area contributed by atoms with E-state index >= 15 is 0 Å². The van der Waals surface area contributed by atoms with E-state index in [-0.39, 0.29) is 0 Å². The molecule has 0 amide bonds. The minimum atomic E-state index is 0.455. The molecule has 0 aliphatic heterocycles. The zero-order valence-corrected chi connectivity index (χ0v) is 9.78. The maximum absolute atomic E-state index is 4.27. The average Bonchev–Trinajstić information content (AvgIpc) is 2.51. The Morgan fingerprint density at radius 1 is 1.57 bits per heavy atom. The molecular weight excluding hydrogens is 192 g/mol. The van der Waals surface area contributed by atoms with Crippen LogP contribution in [0.1, 0.15) is 43.2 Å². The van der Waals surface area contributed by atoms with E-state index in [1.54, 1.807) is 11.3 Å². The van der Waals surface area contributed by atoms with E-state index in [9.17, 15) is 0 Å². The summed E-state index contributed by atoms with van der Waals surface area (Å²) >= 11 is 1.76. The lowest BCUT2D eigenvalue weighted by molar-refractivity contribution is 0.176. The number of thiazole rings is 1. The second-order valence-electron chi connectivity index (χ2n) is 4.20. The van der Waals surface area contributed by atoms with Gasteiger partial charge >= 0.3 is 0 Å². The summed E-state index contributed by atoms with van der Waals surface area (Å²) in [4.78, 5) is 5.66. The van der Waals surface area contributed by atoms with Crippen LogP contribution in [-0.2, 0) is 6.54 Å². The Bertz CT molecular complexity index is 296. The molecular formula is C11H18N2S. The van der Waals surface area contributed by atoms with Crippen LogP contribution in [0.25, 0.3) is 0 Å². The molecule has 0 radical (unpaired) electrons. The molecule has 1 aromatic rings. The van der Waals surface area contributed by atoms with Crippen LogP contribution in [0.3, 0.4) is 0 Å². The fourth-order valence-electron chi connectivity index (χ4n) is 2.02. The SMILES string of the molecule is CCC1(NCc2scnc2C)CCC1. The van der Waals surface area contributed by atoms with Crippen molar-refractivity contribution < 1.29 is 0 Å². The topological polar surface area (TPSA) is 24.9 Å². The molecule has 1 aliphatic rings. The highest BCUT2D eigenvalue weighted by Gasteiger charge is 2.34. The summed E-state index contributed by atoms with van der Waals surface area (Å²) < 4.78 is 0. The van der Waals surface area contributed by atoms with E-state index in [4.69, 9.17) is 0 Å². The van der Waals surface area contributed by atoms with Crippen molar-refractivity contribution in [1.29, 1.82) is 0 Å². The van der Waals surface area contributed by atoms with Gasteiger partial charge in [-0.3, -0.25) is 0 Å². The van der Waals surface area contributed by atoms with Gasteiger partial charge < -0.3 is 5.32 Å². The summed E-state index contributed by atoms with van der Waals surface area (Å²) in [6, 6.07) is 0. The number of aryl methyl sites for hydroxylation is 1. The summed E-state index contributed by atoms with van der Waals surface area (Å²) in [7, 11) is 0. The van der Waals surface area contributed by atoms with Gasteiger partial charge in [0.15, 0.2) is 0 Å². The summed E-state index contributed by atoms with van der Waals surface area (Å²) in [5, 5.41) is 3.70. The normalized spacial score (nSPS) is 19.3. The lowest BCUT2D eigenvalue weighted by Gasteiger charge is -2.42. The first-order chi connectivity index (χ1) is 6.76. The molecule has 1 aliphatic carbocycles. The molecule has 0 saturated heterocycles. The molecule has 0 bridgehead atoms. The maximum atomic E-state index is 4.27. The van der Waals surface area contributed by atoms with E-state index in [0.29, 0.717) is 5.54 Å². The molecule has 0 unspecified atom stereocenters. The summed E-state index contributed by atoms with van der Waals surface area (Å²) in [6.45, 7) is 5.38. The Balaban J connectivity index is 1.90. The van der Waals surface area contributed by atoms with Gasteiger partial charge in [0, 0.05) is 17.0 Å².